The fourth-order valence-corrected chi connectivity index (χ4v) is 5.70. The number of carbonyl (C=O) groups is 1. The Bertz CT molecular complexity index is 1230. The molecule has 184 valence electrons. The zero-order chi connectivity index (χ0) is 24.8. The van der Waals surface area contributed by atoms with Gasteiger partial charge in [-0.3, -0.25) is 14.7 Å². The molecule has 4 rings (SSSR count). The summed E-state index contributed by atoms with van der Waals surface area (Å²) in [5, 5.41) is 24.0. The Hall–Kier alpha value is -2.63. The van der Waals surface area contributed by atoms with E-state index in [-0.39, 0.29) is 11.8 Å². The van der Waals surface area contributed by atoms with Gasteiger partial charge in [0.2, 0.25) is 0 Å². The lowest BCUT2D eigenvalue weighted by molar-refractivity contribution is -0.141. The number of hydrogen-bond acceptors (Lipinski definition) is 6. The second kappa shape index (κ2) is 11.4. The second-order valence-corrected chi connectivity index (χ2v) is 10.4. The number of nitrogens with zero attached hydrogens (tertiary/aromatic N) is 2. The number of aromatic nitrogens is 1. The first kappa shape index (κ1) is 25.5. The lowest BCUT2D eigenvalue weighted by Crippen LogP contribution is -2.41. The molecule has 1 saturated heterocycles. The molecule has 0 bridgehead atoms. The van der Waals surface area contributed by atoms with Crippen molar-refractivity contribution in [3.05, 3.63) is 57.4 Å². The lowest BCUT2D eigenvalue weighted by atomic mass is 9.71. The molecular weight excluding hydrogens is 484 g/mol. The van der Waals surface area contributed by atoms with Gasteiger partial charge < -0.3 is 14.9 Å². The predicted octanol–water partition coefficient (Wildman–Crippen LogP) is 5.38. The number of benzene rings is 1. The topological polar surface area (TPSA) is 82.9 Å². The molecule has 0 spiro atoms. The van der Waals surface area contributed by atoms with Gasteiger partial charge in [-0.15, -0.1) is 11.3 Å². The molecule has 1 aliphatic rings. The van der Waals surface area contributed by atoms with E-state index in [1.165, 1.54) is 0 Å². The number of pyridine rings is 1. The maximum absolute atomic E-state index is 11.7. The second-order valence-electron chi connectivity index (χ2n) is 9.08. The summed E-state index contributed by atoms with van der Waals surface area (Å²) in [5.41, 5.74) is 0.973. The van der Waals surface area contributed by atoms with Crippen molar-refractivity contribution in [2.24, 2.45) is 5.41 Å². The molecule has 0 aliphatic carbocycles. The quantitative estimate of drug-likeness (QED) is 0.394. The highest BCUT2D eigenvalue weighted by molar-refractivity contribution is 7.10. The normalized spacial score (nSPS) is 16.4. The van der Waals surface area contributed by atoms with Crippen molar-refractivity contribution >= 4 is 39.8 Å². The molecule has 0 saturated carbocycles. The number of piperidine rings is 1. The Morgan fingerprint density at radius 1 is 1.34 bits per heavy atom. The van der Waals surface area contributed by atoms with Crippen LogP contribution in [0.3, 0.4) is 0 Å². The van der Waals surface area contributed by atoms with E-state index in [0.717, 1.165) is 41.7 Å². The molecule has 1 fully saturated rings. The number of hydrogen-bond donors (Lipinski definition) is 2. The van der Waals surface area contributed by atoms with Crippen LogP contribution in [0.25, 0.3) is 10.9 Å². The number of likely N-dealkylation sites (tertiary alicyclic amines) is 1. The first-order chi connectivity index (χ1) is 16.9. The summed E-state index contributed by atoms with van der Waals surface area (Å²) in [5.74, 6) is 6.27. The number of rotatable bonds is 8. The average Bonchev–Trinajstić information content (AvgIpc) is 3.36. The Kier molecular flexibility index (Phi) is 8.30. The summed E-state index contributed by atoms with van der Waals surface area (Å²) >= 11 is 8.09. The molecule has 35 heavy (non-hydrogen) atoms. The van der Waals surface area contributed by atoms with E-state index in [9.17, 15) is 15.0 Å². The summed E-state index contributed by atoms with van der Waals surface area (Å²) < 4.78 is 5.34. The van der Waals surface area contributed by atoms with E-state index < -0.39 is 12.1 Å². The van der Waals surface area contributed by atoms with E-state index in [1.54, 1.807) is 24.6 Å². The highest BCUT2D eigenvalue weighted by atomic mass is 35.5. The minimum absolute atomic E-state index is 0.0904. The SMILES string of the molecule is COc1ccc2ncc(Cl)c(C(O)CCC3(CC(=O)O)CCN(CC#Cc4cccs4)CC3)c2c1. The standard InChI is InChI=1S/C27H29ClN2O4S/c1-34-19-6-7-23-21(16-19)26(22(28)18-29-23)24(31)8-9-27(17-25(32)33)10-13-30(14-11-27)12-2-4-20-5-3-15-35-20/h3,5-7,15-16,18,24,31H,8-14,17H2,1H3,(H,32,33). The predicted molar refractivity (Wildman–Crippen MR) is 139 cm³/mol. The number of fused-ring (bicyclic) bond motifs is 1. The van der Waals surface area contributed by atoms with Gasteiger partial charge in [0.05, 0.1) is 41.6 Å². The third-order valence-electron chi connectivity index (χ3n) is 6.83. The first-order valence-electron chi connectivity index (χ1n) is 11.7. The molecule has 6 nitrogen and oxygen atoms in total. The van der Waals surface area contributed by atoms with Crippen LogP contribution in [0.2, 0.25) is 5.02 Å². The molecule has 2 aromatic heterocycles. The third kappa shape index (κ3) is 6.33. The van der Waals surface area contributed by atoms with Crippen LogP contribution in [0.1, 0.15) is 48.6 Å². The number of halogens is 1. The fourth-order valence-electron chi connectivity index (χ4n) is 4.83. The van der Waals surface area contributed by atoms with Gasteiger partial charge in [-0.05, 0) is 73.8 Å². The molecule has 8 heteroatoms. The molecule has 3 heterocycles. The number of ether oxygens (including phenoxy) is 1. The largest absolute Gasteiger partial charge is 0.497 e. The van der Waals surface area contributed by atoms with Crippen LogP contribution in [-0.2, 0) is 4.79 Å². The third-order valence-corrected chi connectivity index (χ3v) is 7.91. The van der Waals surface area contributed by atoms with Gasteiger partial charge in [0.25, 0.3) is 0 Å². The molecule has 1 aliphatic heterocycles. The Labute approximate surface area is 214 Å². The van der Waals surface area contributed by atoms with Crippen LogP contribution in [0.5, 0.6) is 5.75 Å². The molecule has 3 aromatic rings. The lowest BCUT2D eigenvalue weighted by Gasteiger charge is -2.41. The molecular formula is C27H29ClN2O4S. The maximum Gasteiger partial charge on any atom is 0.303 e. The van der Waals surface area contributed by atoms with Gasteiger partial charge >= 0.3 is 5.97 Å². The van der Waals surface area contributed by atoms with E-state index in [1.807, 2.05) is 35.7 Å². The van der Waals surface area contributed by atoms with Gasteiger partial charge in [-0.2, -0.15) is 0 Å². The van der Waals surface area contributed by atoms with E-state index >= 15 is 0 Å². The number of aliphatic hydroxyl groups is 1. The molecule has 1 aromatic carbocycles. The Balaban J connectivity index is 1.44. The Morgan fingerprint density at radius 3 is 2.83 bits per heavy atom. The average molecular weight is 513 g/mol. The van der Waals surface area contributed by atoms with Crippen molar-refractivity contribution < 1.29 is 19.7 Å². The minimum Gasteiger partial charge on any atom is -0.497 e. The van der Waals surface area contributed by atoms with Gasteiger partial charge in [0.15, 0.2) is 0 Å². The first-order valence-corrected chi connectivity index (χ1v) is 12.9. The highest BCUT2D eigenvalue weighted by Crippen LogP contribution is 2.43. The molecule has 2 N–H and O–H groups in total. The smallest absolute Gasteiger partial charge is 0.303 e. The molecule has 0 radical (unpaired) electrons. The summed E-state index contributed by atoms with van der Waals surface area (Å²) in [6.07, 6.45) is 3.34. The minimum atomic E-state index is -0.833. The van der Waals surface area contributed by atoms with E-state index in [4.69, 9.17) is 16.3 Å². The summed E-state index contributed by atoms with van der Waals surface area (Å²) in [7, 11) is 1.59. The van der Waals surface area contributed by atoms with E-state index in [0.29, 0.717) is 35.7 Å². The monoisotopic (exact) mass is 512 g/mol. The maximum atomic E-state index is 11.7. The summed E-state index contributed by atoms with van der Waals surface area (Å²) in [6, 6.07) is 9.48. The summed E-state index contributed by atoms with van der Waals surface area (Å²) in [6.45, 7) is 2.25. The number of carboxylic acids is 1. The van der Waals surface area contributed by atoms with E-state index in [2.05, 4.69) is 21.7 Å². The van der Waals surface area contributed by atoms with Crippen LogP contribution in [0, 0.1) is 17.3 Å². The zero-order valence-electron chi connectivity index (χ0n) is 19.7. The van der Waals surface area contributed by atoms with Crippen molar-refractivity contribution in [3.63, 3.8) is 0 Å². The van der Waals surface area contributed by atoms with Gasteiger partial charge in [-0.1, -0.05) is 29.5 Å². The Morgan fingerprint density at radius 2 is 2.14 bits per heavy atom. The van der Waals surface area contributed by atoms with Crippen LogP contribution in [0.15, 0.2) is 41.9 Å². The van der Waals surface area contributed by atoms with Crippen molar-refractivity contribution in [1.82, 2.24) is 9.88 Å². The van der Waals surface area contributed by atoms with Crippen molar-refractivity contribution in [3.8, 4) is 17.6 Å². The highest BCUT2D eigenvalue weighted by Gasteiger charge is 2.37. The molecule has 1 unspecified atom stereocenters. The number of thiophene rings is 1. The number of aliphatic hydroxyl groups excluding tert-OH is 1. The van der Waals surface area contributed by atoms with Crippen molar-refractivity contribution in [2.75, 3.05) is 26.7 Å². The zero-order valence-corrected chi connectivity index (χ0v) is 21.2. The van der Waals surface area contributed by atoms with Gasteiger partial charge in [0, 0.05) is 17.1 Å². The van der Waals surface area contributed by atoms with Crippen LogP contribution in [0.4, 0.5) is 0 Å². The molecule has 1 atom stereocenters. The van der Waals surface area contributed by atoms with Crippen molar-refractivity contribution in [1.29, 1.82) is 0 Å². The van der Waals surface area contributed by atoms with Crippen LogP contribution < -0.4 is 4.74 Å². The van der Waals surface area contributed by atoms with Crippen LogP contribution in [-0.4, -0.2) is 52.8 Å². The fraction of sp³-hybridized carbons (Fsp3) is 0.407. The number of methoxy groups -OCH3 is 1. The van der Waals surface area contributed by atoms with Gasteiger partial charge in [-0.25, -0.2) is 0 Å². The number of carboxylic acid groups (broad SMARTS) is 1. The number of aliphatic carboxylic acids is 1. The van der Waals surface area contributed by atoms with Gasteiger partial charge in [0.1, 0.15) is 5.75 Å². The van der Waals surface area contributed by atoms with Crippen molar-refractivity contribution in [2.45, 2.75) is 38.2 Å². The van der Waals surface area contributed by atoms with Crippen LogP contribution >= 0.6 is 22.9 Å². The summed E-state index contributed by atoms with van der Waals surface area (Å²) in [4.78, 5) is 19.4. The molecule has 0 amide bonds.